The molecule has 1 N–H and O–H groups in total. The van der Waals surface area contributed by atoms with E-state index >= 15 is 0 Å². The highest BCUT2D eigenvalue weighted by atomic mass is 35.5. The number of halogens is 1. The largest absolute Gasteiger partial charge is 0.343 e. The minimum atomic E-state index is -0.819. The highest BCUT2D eigenvalue weighted by Gasteiger charge is 2.46. The van der Waals surface area contributed by atoms with E-state index in [0.717, 1.165) is 25.1 Å². The van der Waals surface area contributed by atoms with Crippen molar-refractivity contribution in [1.29, 1.82) is 0 Å². The first-order valence-electron chi connectivity index (χ1n) is 7.69. The van der Waals surface area contributed by atoms with E-state index in [2.05, 4.69) is 0 Å². The Morgan fingerprint density at radius 2 is 1.72 bits per heavy atom. The van der Waals surface area contributed by atoms with Gasteiger partial charge in [0.25, 0.3) is 0 Å². The predicted octanol–water partition coefficient (Wildman–Crippen LogP) is 1.68. The maximum atomic E-state index is 12.6. The Kier molecular flexibility index (Phi) is 4.89. The summed E-state index contributed by atoms with van der Waals surface area (Å²) < 4.78 is 0.692. The molecular formula is C17H17ClN3O3S+. The van der Waals surface area contributed by atoms with Gasteiger partial charge in [-0.2, -0.15) is 0 Å². The lowest BCUT2D eigenvalue weighted by molar-refractivity contribution is -0.900. The van der Waals surface area contributed by atoms with Crippen molar-refractivity contribution in [3.8, 4) is 0 Å². The van der Waals surface area contributed by atoms with Gasteiger partial charge in [0.2, 0.25) is 0 Å². The van der Waals surface area contributed by atoms with Crippen molar-refractivity contribution < 1.29 is 19.3 Å². The number of carbonyl (C=O) groups excluding carboxylic acids is 3. The number of hydrogen-bond acceptors (Lipinski definition) is 4. The summed E-state index contributed by atoms with van der Waals surface area (Å²) in [4.78, 5) is 40.9. The quantitative estimate of drug-likeness (QED) is 0.636. The van der Waals surface area contributed by atoms with Crippen LogP contribution in [-0.2, 0) is 16.1 Å². The van der Waals surface area contributed by atoms with Gasteiger partial charge in [0.05, 0.1) is 21.9 Å². The summed E-state index contributed by atoms with van der Waals surface area (Å²) >= 11 is 7.37. The zero-order chi connectivity index (χ0) is 18.1. The van der Waals surface area contributed by atoms with Gasteiger partial charge in [0, 0.05) is 0 Å². The number of nitrogens with one attached hydrogen (secondary N) is 1. The Hall–Kier alpha value is -2.22. The van der Waals surface area contributed by atoms with E-state index in [1.165, 1.54) is 11.3 Å². The third-order valence-corrected chi connectivity index (χ3v) is 5.11. The molecule has 0 saturated carbocycles. The number of aryl methyl sites for hydroxylation is 1. The summed E-state index contributed by atoms with van der Waals surface area (Å²) in [5, 5.41) is 0. The average molecular weight is 379 g/mol. The molecule has 3 rings (SSSR count). The molecule has 4 amide bonds. The molecule has 130 valence electrons. The number of hydrogen-bond donors (Lipinski definition) is 1. The molecule has 1 saturated heterocycles. The van der Waals surface area contributed by atoms with Gasteiger partial charge in [-0.15, -0.1) is 11.3 Å². The molecule has 1 aromatic carbocycles. The number of carbonyl (C=O) groups is 3. The predicted molar refractivity (Wildman–Crippen MR) is 95.7 cm³/mol. The molecular weight excluding hydrogens is 362 g/mol. The van der Waals surface area contributed by atoms with Crippen molar-refractivity contribution in [3.05, 3.63) is 51.2 Å². The lowest BCUT2D eigenvalue weighted by Crippen LogP contribution is -3.09. The number of rotatable bonds is 5. The van der Waals surface area contributed by atoms with Gasteiger partial charge < -0.3 is 4.90 Å². The second-order valence-corrected chi connectivity index (χ2v) is 7.79. The number of benzene rings is 1. The summed E-state index contributed by atoms with van der Waals surface area (Å²) in [6.07, 6.45) is 0. The molecule has 1 unspecified atom stereocenters. The van der Waals surface area contributed by atoms with Gasteiger partial charge in [-0.1, -0.05) is 29.3 Å². The Morgan fingerprint density at radius 3 is 2.32 bits per heavy atom. The molecule has 6 nitrogen and oxygen atoms in total. The number of quaternary nitrogens is 1. The number of imide groups is 2. The van der Waals surface area contributed by atoms with Crippen LogP contribution in [0.15, 0.2) is 36.4 Å². The molecule has 1 atom stereocenters. The summed E-state index contributed by atoms with van der Waals surface area (Å²) in [5.41, 5.74) is 1.41. The minimum absolute atomic E-state index is 0.112. The van der Waals surface area contributed by atoms with Gasteiger partial charge in [-0.3, -0.25) is 9.59 Å². The van der Waals surface area contributed by atoms with E-state index in [1.807, 2.05) is 26.1 Å². The second kappa shape index (κ2) is 6.95. The van der Waals surface area contributed by atoms with E-state index in [0.29, 0.717) is 16.6 Å². The van der Waals surface area contributed by atoms with Crippen LogP contribution in [0.4, 0.5) is 10.5 Å². The van der Waals surface area contributed by atoms with E-state index in [4.69, 9.17) is 11.6 Å². The van der Waals surface area contributed by atoms with E-state index < -0.39 is 17.8 Å². The zero-order valence-electron chi connectivity index (χ0n) is 13.8. The van der Waals surface area contributed by atoms with Crippen molar-refractivity contribution in [1.82, 2.24) is 4.90 Å². The van der Waals surface area contributed by atoms with Crippen LogP contribution in [0.25, 0.3) is 0 Å². The molecule has 2 heterocycles. The summed E-state index contributed by atoms with van der Waals surface area (Å²) in [7, 11) is 1.85. The lowest BCUT2D eigenvalue weighted by atomic mass is 10.2. The van der Waals surface area contributed by atoms with Crippen molar-refractivity contribution in [2.75, 3.05) is 18.6 Å². The van der Waals surface area contributed by atoms with Crippen LogP contribution in [0.2, 0.25) is 4.34 Å². The van der Waals surface area contributed by atoms with Crippen LogP contribution in [0.5, 0.6) is 0 Å². The molecule has 1 fully saturated rings. The minimum Gasteiger partial charge on any atom is -0.315 e. The van der Waals surface area contributed by atoms with Crippen LogP contribution in [0, 0.1) is 6.92 Å². The van der Waals surface area contributed by atoms with E-state index in [9.17, 15) is 14.4 Å². The molecule has 1 aliphatic heterocycles. The van der Waals surface area contributed by atoms with Gasteiger partial charge >= 0.3 is 17.8 Å². The fraction of sp³-hybridized carbons (Fsp3) is 0.235. The molecule has 25 heavy (non-hydrogen) atoms. The molecule has 1 aliphatic rings. The average Bonchev–Trinajstić information content (AvgIpc) is 3.06. The van der Waals surface area contributed by atoms with Crippen molar-refractivity contribution in [2.24, 2.45) is 0 Å². The standard InChI is InChI=1S/C17H16ClN3O3S/c1-11-3-5-12(6-4-11)21-16(23)15(22)20(17(21)24)10-19(2)9-13-7-8-14(18)25-13/h3-8H,9-10H2,1-2H3/p+1. The Morgan fingerprint density at radius 1 is 1.04 bits per heavy atom. The summed E-state index contributed by atoms with van der Waals surface area (Å²) in [6.45, 7) is 2.62. The van der Waals surface area contributed by atoms with Gasteiger partial charge in [-0.05, 0) is 31.2 Å². The number of nitrogens with zero attached hydrogens (tertiary/aromatic N) is 2. The monoisotopic (exact) mass is 378 g/mol. The number of amides is 4. The first-order chi connectivity index (χ1) is 11.9. The first kappa shape index (κ1) is 17.6. The van der Waals surface area contributed by atoms with Crippen LogP contribution in [0.1, 0.15) is 10.4 Å². The number of anilines is 1. The SMILES string of the molecule is Cc1ccc(N2C(=O)C(=O)N(C[NH+](C)Cc3ccc(Cl)s3)C2=O)cc1. The smallest absolute Gasteiger partial charge is 0.315 e. The highest BCUT2D eigenvalue weighted by Crippen LogP contribution is 2.22. The Bertz CT molecular complexity index is 834. The van der Waals surface area contributed by atoms with Crippen LogP contribution < -0.4 is 9.80 Å². The third kappa shape index (κ3) is 3.58. The fourth-order valence-corrected chi connectivity index (χ4v) is 3.84. The molecule has 0 spiro atoms. The van der Waals surface area contributed by atoms with Crippen molar-refractivity contribution >= 4 is 46.5 Å². The van der Waals surface area contributed by atoms with E-state index in [1.54, 1.807) is 24.3 Å². The third-order valence-electron chi connectivity index (χ3n) is 3.88. The topological polar surface area (TPSA) is 62.1 Å². The lowest BCUT2D eigenvalue weighted by Gasteiger charge is -2.19. The van der Waals surface area contributed by atoms with Gasteiger partial charge in [-0.25, -0.2) is 14.6 Å². The zero-order valence-corrected chi connectivity index (χ0v) is 15.4. The van der Waals surface area contributed by atoms with Gasteiger partial charge in [0.15, 0.2) is 6.67 Å². The van der Waals surface area contributed by atoms with Crippen LogP contribution in [0.3, 0.4) is 0 Å². The maximum absolute atomic E-state index is 12.6. The highest BCUT2D eigenvalue weighted by molar-refractivity contribution is 7.16. The molecule has 0 radical (unpaired) electrons. The van der Waals surface area contributed by atoms with Crippen molar-refractivity contribution in [3.63, 3.8) is 0 Å². The Balaban J connectivity index is 1.73. The van der Waals surface area contributed by atoms with Crippen LogP contribution >= 0.6 is 22.9 Å². The van der Waals surface area contributed by atoms with E-state index in [-0.39, 0.29) is 6.67 Å². The summed E-state index contributed by atoms with van der Waals surface area (Å²) in [5.74, 6) is -1.62. The molecule has 0 aliphatic carbocycles. The normalized spacial score (nSPS) is 16.0. The number of thiophene rings is 1. The van der Waals surface area contributed by atoms with Gasteiger partial charge in [0.1, 0.15) is 6.54 Å². The fourth-order valence-electron chi connectivity index (χ4n) is 2.64. The first-order valence-corrected chi connectivity index (χ1v) is 8.88. The van der Waals surface area contributed by atoms with Crippen molar-refractivity contribution in [2.45, 2.75) is 13.5 Å². The molecule has 0 bridgehead atoms. The maximum Gasteiger partial charge on any atom is 0.343 e. The second-order valence-electron chi connectivity index (χ2n) is 5.99. The molecule has 1 aromatic heterocycles. The van der Waals surface area contributed by atoms with Crippen LogP contribution in [-0.4, -0.2) is 36.5 Å². The molecule has 8 heteroatoms. The molecule has 2 aromatic rings. The Labute approximate surface area is 154 Å². The summed E-state index contributed by atoms with van der Waals surface area (Å²) in [6, 6.07) is 10.0. The number of urea groups is 1.